The molecule has 2 aromatic rings. The van der Waals surface area contributed by atoms with E-state index in [9.17, 15) is 0 Å². The molecule has 0 saturated heterocycles. The number of hydrogen-bond donors (Lipinski definition) is 1. The minimum atomic E-state index is -1.43. The molecule has 2 heterocycles. The lowest BCUT2D eigenvalue weighted by atomic mass is 10.5. The number of rotatable bonds is 3. The summed E-state index contributed by atoms with van der Waals surface area (Å²) in [7, 11) is -1.43. The standard InChI is InChI=1S/C10H15N5Si/c1-5-15-7-13-8-9(14-16(2,3)4)11-6-12-10(8)15/h5-7H,1H2,2-4H3,(H,11,12,14). The average molecular weight is 233 g/mol. The zero-order chi connectivity index (χ0) is 11.8. The van der Waals surface area contributed by atoms with Gasteiger partial charge in [-0.3, -0.25) is 4.57 Å². The summed E-state index contributed by atoms with van der Waals surface area (Å²) in [5, 5.41) is 0. The number of fused-ring (bicyclic) bond motifs is 1. The second kappa shape index (κ2) is 3.71. The van der Waals surface area contributed by atoms with Crippen LogP contribution in [-0.4, -0.2) is 27.8 Å². The van der Waals surface area contributed by atoms with Crippen molar-refractivity contribution in [2.75, 3.05) is 4.98 Å². The summed E-state index contributed by atoms with van der Waals surface area (Å²) in [5.41, 5.74) is 1.58. The zero-order valence-electron chi connectivity index (χ0n) is 9.73. The van der Waals surface area contributed by atoms with Gasteiger partial charge in [0, 0.05) is 6.20 Å². The molecule has 0 unspecified atom stereocenters. The van der Waals surface area contributed by atoms with Crippen molar-refractivity contribution in [1.82, 2.24) is 19.5 Å². The van der Waals surface area contributed by atoms with E-state index in [0.717, 1.165) is 17.0 Å². The van der Waals surface area contributed by atoms with Crippen LogP contribution in [0.3, 0.4) is 0 Å². The lowest BCUT2D eigenvalue weighted by Gasteiger charge is -2.18. The minimum Gasteiger partial charge on any atom is -0.394 e. The van der Waals surface area contributed by atoms with Crippen molar-refractivity contribution in [3.05, 3.63) is 19.2 Å². The van der Waals surface area contributed by atoms with E-state index in [1.807, 2.05) is 0 Å². The number of nitrogens with zero attached hydrogens (tertiary/aromatic N) is 4. The molecule has 16 heavy (non-hydrogen) atoms. The van der Waals surface area contributed by atoms with Crippen molar-refractivity contribution in [1.29, 1.82) is 0 Å². The van der Waals surface area contributed by atoms with Gasteiger partial charge in [-0.15, -0.1) is 0 Å². The van der Waals surface area contributed by atoms with Gasteiger partial charge in [-0.2, -0.15) is 0 Å². The van der Waals surface area contributed by atoms with Crippen LogP contribution in [0.5, 0.6) is 0 Å². The Bertz CT molecular complexity index is 525. The smallest absolute Gasteiger partial charge is 0.169 e. The molecule has 0 spiro atoms. The van der Waals surface area contributed by atoms with Crippen molar-refractivity contribution in [2.45, 2.75) is 19.6 Å². The summed E-state index contributed by atoms with van der Waals surface area (Å²) in [6.45, 7) is 10.3. The van der Waals surface area contributed by atoms with Crippen molar-refractivity contribution in [2.24, 2.45) is 0 Å². The largest absolute Gasteiger partial charge is 0.394 e. The summed E-state index contributed by atoms with van der Waals surface area (Å²) in [6.07, 6.45) is 4.93. The number of anilines is 1. The van der Waals surface area contributed by atoms with E-state index in [1.165, 1.54) is 0 Å². The first-order valence-electron chi connectivity index (χ1n) is 5.09. The van der Waals surface area contributed by atoms with Gasteiger partial charge in [-0.1, -0.05) is 26.2 Å². The van der Waals surface area contributed by atoms with E-state index in [0.29, 0.717) is 0 Å². The lowest BCUT2D eigenvalue weighted by molar-refractivity contribution is 1.13. The second-order valence-electron chi connectivity index (χ2n) is 4.60. The van der Waals surface area contributed by atoms with Gasteiger partial charge in [0.25, 0.3) is 0 Å². The maximum absolute atomic E-state index is 4.30. The van der Waals surface area contributed by atoms with Crippen LogP contribution in [0, 0.1) is 0 Å². The van der Waals surface area contributed by atoms with Crippen LogP contribution in [0.1, 0.15) is 0 Å². The highest BCUT2D eigenvalue weighted by atomic mass is 28.3. The fraction of sp³-hybridized carbons (Fsp3) is 0.300. The third-order valence-corrected chi connectivity index (χ3v) is 3.04. The first-order valence-corrected chi connectivity index (χ1v) is 8.59. The molecule has 6 heteroatoms. The molecule has 0 aromatic carbocycles. The van der Waals surface area contributed by atoms with E-state index in [-0.39, 0.29) is 0 Å². The summed E-state index contributed by atoms with van der Waals surface area (Å²) in [5.74, 6) is 0.810. The highest BCUT2D eigenvalue weighted by Gasteiger charge is 2.17. The predicted molar refractivity (Wildman–Crippen MR) is 68.7 cm³/mol. The van der Waals surface area contributed by atoms with Crippen LogP contribution in [0.25, 0.3) is 17.4 Å². The number of nitrogens with one attached hydrogen (secondary N) is 1. The highest BCUT2D eigenvalue weighted by Crippen LogP contribution is 2.19. The van der Waals surface area contributed by atoms with Gasteiger partial charge in [0.2, 0.25) is 0 Å². The molecule has 0 fully saturated rings. The molecule has 0 bridgehead atoms. The first kappa shape index (κ1) is 10.8. The third kappa shape index (κ3) is 1.96. The Morgan fingerprint density at radius 2 is 2.06 bits per heavy atom. The van der Waals surface area contributed by atoms with Gasteiger partial charge >= 0.3 is 0 Å². The highest BCUT2D eigenvalue weighted by molar-refractivity contribution is 6.79. The molecule has 0 saturated carbocycles. The monoisotopic (exact) mass is 233 g/mol. The van der Waals surface area contributed by atoms with E-state index in [1.54, 1.807) is 23.4 Å². The van der Waals surface area contributed by atoms with E-state index >= 15 is 0 Å². The fourth-order valence-electron chi connectivity index (χ4n) is 1.43. The summed E-state index contributed by atoms with van der Waals surface area (Å²) < 4.78 is 1.78. The molecule has 1 N–H and O–H groups in total. The van der Waals surface area contributed by atoms with Crippen molar-refractivity contribution in [3.8, 4) is 0 Å². The molecule has 2 rings (SSSR count). The normalized spacial score (nSPS) is 11.7. The average Bonchev–Trinajstić information content (AvgIpc) is 2.59. The molecule has 84 valence electrons. The van der Waals surface area contributed by atoms with Gasteiger partial charge in [0.15, 0.2) is 5.65 Å². The van der Waals surface area contributed by atoms with Gasteiger partial charge < -0.3 is 4.98 Å². The molecule has 0 atom stereocenters. The number of aromatic nitrogens is 4. The first-order chi connectivity index (χ1) is 7.51. The predicted octanol–water partition coefficient (Wildman–Crippen LogP) is 2.17. The third-order valence-electron chi connectivity index (χ3n) is 2.05. The SMILES string of the molecule is C=Cn1cnc2c(N[Si](C)(C)C)ncnc21. The Labute approximate surface area is 95.3 Å². The number of imidazole rings is 1. The van der Waals surface area contributed by atoms with Gasteiger partial charge in [0.1, 0.15) is 32.2 Å². The molecule has 0 radical (unpaired) electrons. The van der Waals surface area contributed by atoms with Gasteiger partial charge in [-0.05, 0) is 0 Å². The van der Waals surface area contributed by atoms with Crippen molar-refractivity contribution < 1.29 is 0 Å². The Hall–Kier alpha value is -1.69. The zero-order valence-corrected chi connectivity index (χ0v) is 10.7. The second-order valence-corrected chi connectivity index (χ2v) is 9.35. The van der Waals surface area contributed by atoms with Crippen LogP contribution < -0.4 is 4.98 Å². The van der Waals surface area contributed by atoms with Crippen LogP contribution in [0.15, 0.2) is 19.2 Å². The van der Waals surface area contributed by atoms with E-state index in [2.05, 4.69) is 46.2 Å². The minimum absolute atomic E-state index is 0.783. The lowest BCUT2D eigenvalue weighted by Crippen LogP contribution is -2.32. The maximum atomic E-state index is 4.30. The molecule has 0 aliphatic rings. The van der Waals surface area contributed by atoms with Crippen LogP contribution in [0.4, 0.5) is 5.82 Å². The molecular weight excluding hydrogens is 218 g/mol. The van der Waals surface area contributed by atoms with Crippen molar-refractivity contribution in [3.63, 3.8) is 0 Å². The Morgan fingerprint density at radius 3 is 2.69 bits per heavy atom. The summed E-state index contributed by atoms with van der Waals surface area (Å²) >= 11 is 0. The number of hydrogen-bond acceptors (Lipinski definition) is 4. The van der Waals surface area contributed by atoms with Gasteiger partial charge in [0.05, 0.1) is 0 Å². The fourth-order valence-corrected chi connectivity index (χ4v) is 2.33. The van der Waals surface area contributed by atoms with E-state index in [4.69, 9.17) is 0 Å². The molecule has 5 nitrogen and oxygen atoms in total. The van der Waals surface area contributed by atoms with Crippen molar-refractivity contribution >= 4 is 31.4 Å². The molecular formula is C10H15N5Si. The van der Waals surface area contributed by atoms with E-state index < -0.39 is 8.24 Å². The quantitative estimate of drug-likeness (QED) is 0.826. The molecule has 2 aromatic heterocycles. The molecule has 0 aliphatic heterocycles. The molecule has 0 aliphatic carbocycles. The molecule has 0 amide bonds. The Balaban J connectivity index is 2.54. The van der Waals surface area contributed by atoms with Gasteiger partial charge in [-0.25, -0.2) is 15.0 Å². The Morgan fingerprint density at radius 1 is 1.31 bits per heavy atom. The summed E-state index contributed by atoms with van der Waals surface area (Å²) in [6, 6.07) is 0. The van der Waals surface area contributed by atoms with Crippen LogP contribution in [-0.2, 0) is 0 Å². The Kier molecular flexibility index (Phi) is 2.51. The van der Waals surface area contributed by atoms with Crippen LogP contribution in [0.2, 0.25) is 19.6 Å². The maximum Gasteiger partial charge on any atom is 0.169 e. The van der Waals surface area contributed by atoms with Crippen LogP contribution >= 0.6 is 0 Å². The summed E-state index contributed by atoms with van der Waals surface area (Å²) in [4.78, 5) is 16.2. The topological polar surface area (TPSA) is 55.6 Å².